The van der Waals surface area contributed by atoms with Crippen molar-refractivity contribution >= 4 is 11.8 Å². The Bertz CT molecular complexity index is 724. The Hall–Kier alpha value is -2.96. The quantitative estimate of drug-likeness (QED) is 0.760. The number of ether oxygens (including phenoxy) is 1. The zero-order chi connectivity index (χ0) is 18.2. The summed E-state index contributed by atoms with van der Waals surface area (Å²) in [6, 6.07) is 9.22. The van der Waals surface area contributed by atoms with Gasteiger partial charge < -0.3 is 15.0 Å². The molecule has 1 unspecified atom stereocenters. The highest BCUT2D eigenvalue weighted by atomic mass is 16.5. The average molecular weight is 354 g/mol. The minimum Gasteiger partial charge on any atom is -0.490 e. The number of rotatable bonds is 7. The van der Waals surface area contributed by atoms with Gasteiger partial charge in [0.05, 0.1) is 30.9 Å². The Morgan fingerprint density at radius 1 is 1.27 bits per heavy atom. The zero-order valence-electron chi connectivity index (χ0n) is 14.5. The van der Waals surface area contributed by atoms with E-state index in [0.29, 0.717) is 44.8 Å². The summed E-state index contributed by atoms with van der Waals surface area (Å²) >= 11 is 0. The molecule has 3 rings (SSSR count). The standard InChI is InChI=1S/C19H22N4O3/c24-18-7-6-15(13-23(18)14-16-4-1-2-9-21-16)19(25)22-10-11-26-17-5-3-8-20-12-17/h1-5,8-9,12,15H,6-7,10-11,13-14H2,(H,22,25). The van der Waals surface area contributed by atoms with Crippen molar-refractivity contribution in [2.45, 2.75) is 19.4 Å². The van der Waals surface area contributed by atoms with Crippen molar-refractivity contribution in [2.24, 2.45) is 5.92 Å². The molecule has 0 aliphatic carbocycles. The van der Waals surface area contributed by atoms with Gasteiger partial charge in [-0.3, -0.25) is 19.6 Å². The van der Waals surface area contributed by atoms with Crippen LogP contribution in [0.15, 0.2) is 48.9 Å². The van der Waals surface area contributed by atoms with E-state index in [4.69, 9.17) is 4.74 Å². The molecule has 1 aliphatic rings. The Balaban J connectivity index is 1.44. The summed E-state index contributed by atoms with van der Waals surface area (Å²) in [5.41, 5.74) is 0.826. The third kappa shape index (κ3) is 5.02. The first-order chi connectivity index (χ1) is 12.7. The van der Waals surface area contributed by atoms with Crippen LogP contribution in [-0.2, 0) is 16.1 Å². The summed E-state index contributed by atoms with van der Waals surface area (Å²) in [5.74, 6) is 0.499. The molecule has 0 bridgehead atoms. The summed E-state index contributed by atoms with van der Waals surface area (Å²) in [7, 11) is 0. The second kappa shape index (κ2) is 8.94. The molecule has 3 heterocycles. The predicted molar refractivity (Wildman–Crippen MR) is 95.1 cm³/mol. The minimum absolute atomic E-state index is 0.0432. The summed E-state index contributed by atoms with van der Waals surface area (Å²) in [5, 5.41) is 2.88. The van der Waals surface area contributed by atoms with Crippen molar-refractivity contribution in [1.82, 2.24) is 20.2 Å². The van der Waals surface area contributed by atoms with Gasteiger partial charge in [0.25, 0.3) is 0 Å². The third-order valence-electron chi connectivity index (χ3n) is 4.25. The van der Waals surface area contributed by atoms with E-state index in [1.165, 1.54) is 0 Å². The highest BCUT2D eigenvalue weighted by Crippen LogP contribution is 2.19. The van der Waals surface area contributed by atoms with E-state index < -0.39 is 0 Å². The zero-order valence-corrected chi connectivity index (χ0v) is 14.5. The summed E-state index contributed by atoms with van der Waals surface area (Å²) in [6.45, 7) is 1.65. The maximum absolute atomic E-state index is 12.4. The predicted octanol–water partition coefficient (Wildman–Crippen LogP) is 1.41. The van der Waals surface area contributed by atoms with E-state index in [9.17, 15) is 9.59 Å². The minimum atomic E-state index is -0.199. The summed E-state index contributed by atoms with van der Waals surface area (Å²) in [6.07, 6.45) is 5.97. The Kier molecular flexibility index (Phi) is 6.14. The molecule has 2 amide bonds. The van der Waals surface area contributed by atoms with Crippen molar-refractivity contribution in [3.05, 3.63) is 54.6 Å². The fourth-order valence-electron chi connectivity index (χ4n) is 2.89. The summed E-state index contributed by atoms with van der Waals surface area (Å²) in [4.78, 5) is 34.4. The van der Waals surface area contributed by atoms with Crippen LogP contribution in [0.4, 0.5) is 0 Å². The van der Waals surface area contributed by atoms with Crippen LogP contribution in [0, 0.1) is 5.92 Å². The molecule has 2 aromatic heterocycles. The second-order valence-electron chi connectivity index (χ2n) is 6.16. The number of nitrogens with zero attached hydrogens (tertiary/aromatic N) is 3. The number of amides is 2. The first-order valence-corrected chi connectivity index (χ1v) is 8.70. The van der Waals surface area contributed by atoms with E-state index >= 15 is 0 Å². The van der Waals surface area contributed by atoms with Gasteiger partial charge in [0.2, 0.25) is 11.8 Å². The van der Waals surface area contributed by atoms with Crippen molar-refractivity contribution in [2.75, 3.05) is 19.7 Å². The molecule has 1 fully saturated rings. The lowest BCUT2D eigenvalue weighted by Crippen LogP contribution is -2.46. The Morgan fingerprint density at radius 3 is 2.96 bits per heavy atom. The second-order valence-corrected chi connectivity index (χ2v) is 6.16. The van der Waals surface area contributed by atoms with Crippen LogP contribution in [0.3, 0.4) is 0 Å². The van der Waals surface area contributed by atoms with Gasteiger partial charge in [-0.1, -0.05) is 6.07 Å². The van der Waals surface area contributed by atoms with Gasteiger partial charge in [0.15, 0.2) is 0 Å². The van der Waals surface area contributed by atoms with Crippen molar-refractivity contribution in [3.63, 3.8) is 0 Å². The number of aromatic nitrogens is 2. The SMILES string of the molecule is O=C(NCCOc1cccnc1)C1CCC(=O)N(Cc2ccccn2)C1. The fraction of sp³-hybridized carbons (Fsp3) is 0.368. The van der Waals surface area contributed by atoms with E-state index in [1.54, 1.807) is 29.6 Å². The lowest BCUT2D eigenvalue weighted by atomic mass is 9.96. The molecule has 26 heavy (non-hydrogen) atoms. The van der Waals surface area contributed by atoms with Gasteiger partial charge >= 0.3 is 0 Å². The Morgan fingerprint density at radius 2 is 2.19 bits per heavy atom. The van der Waals surface area contributed by atoms with E-state index in [2.05, 4.69) is 15.3 Å². The number of pyridine rings is 2. The fourth-order valence-corrected chi connectivity index (χ4v) is 2.89. The maximum atomic E-state index is 12.4. The molecule has 7 heteroatoms. The number of carbonyl (C=O) groups excluding carboxylic acids is 2. The molecule has 1 saturated heterocycles. The van der Waals surface area contributed by atoms with Crippen molar-refractivity contribution in [1.29, 1.82) is 0 Å². The molecule has 7 nitrogen and oxygen atoms in total. The number of hydrogen-bond donors (Lipinski definition) is 1. The van der Waals surface area contributed by atoms with Crippen LogP contribution in [0.5, 0.6) is 5.75 Å². The highest BCUT2D eigenvalue weighted by Gasteiger charge is 2.30. The van der Waals surface area contributed by atoms with Gasteiger partial charge in [-0.05, 0) is 30.7 Å². The van der Waals surface area contributed by atoms with Gasteiger partial charge in [0.1, 0.15) is 12.4 Å². The van der Waals surface area contributed by atoms with Gasteiger partial charge in [0, 0.05) is 25.4 Å². The van der Waals surface area contributed by atoms with E-state index in [-0.39, 0.29) is 17.7 Å². The van der Waals surface area contributed by atoms with Crippen LogP contribution in [0.1, 0.15) is 18.5 Å². The number of hydrogen-bond acceptors (Lipinski definition) is 5. The first-order valence-electron chi connectivity index (χ1n) is 8.70. The van der Waals surface area contributed by atoms with Crippen LogP contribution in [0.25, 0.3) is 0 Å². The van der Waals surface area contributed by atoms with Crippen LogP contribution in [-0.4, -0.2) is 46.4 Å². The molecule has 0 spiro atoms. The monoisotopic (exact) mass is 354 g/mol. The van der Waals surface area contributed by atoms with Gasteiger partial charge in [-0.2, -0.15) is 0 Å². The molecule has 1 aliphatic heterocycles. The van der Waals surface area contributed by atoms with Gasteiger partial charge in [-0.25, -0.2) is 0 Å². The number of piperidine rings is 1. The number of nitrogens with one attached hydrogen (secondary N) is 1. The number of likely N-dealkylation sites (tertiary alicyclic amines) is 1. The molecule has 0 saturated carbocycles. The van der Waals surface area contributed by atoms with Crippen molar-refractivity contribution < 1.29 is 14.3 Å². The molecular weight excluding hydrogens is 332 g/mol. The molecule has 136 valence electrons. The lowest BCUT2D eigenvalue weighted by Gasteiger charge is -2.31. The lowest BCUT2D eigenvalue weighted by molar-refractivity contribution is -0.139. The molecule has 0 aromatic carbocycles. The van der Waals surface area contributed by atoms with Crippen molar-refractivity contribution in [3.8, 4) is 5.75 Å². The third-order valence-corrected chi connectivity index (χ3v) is 4.25. The highest BCUT2D eigenvalue weighted by molar-refractivity contribution is 5.83. The molecule has 1 atom stereocenters. The van der Waals surface area contributed by atoms with E-state index in [1.807, 2.05) is 24.3 Å². The van der Waals surface area contributed by atoms with Gasteiger partial charge in [-0.15, -0.1) is 0 Å². The van der Waals surface area contributed by atoms with E-state index in [0.717, 1.165) is 5.69 Å². The first kappa shape index (κ1) is 17.8. The van der Waals surface area contributed by atoms with Crippen LogP contribution < -0.4 is 10.1 Å². The largest absolute Gasteiger partial charge is 0.490 e. The maximum Gasteiger partial charge on any atom is 0.225 e. The average Bonchev–Trinajstić information content (AvgIpc) is 2.68. The molecule has 2 aromatic rings. The molecule has 1 N–H and O–H groups in total. The Labute approximate surface area is 152 Å². The topological polar surface area (TPSA) is 84.4 Å². The molecular formula is C19H22N4O3. The molecule has 0 radical (unpaired) electrons. The summed E-state index contributed by atoms with van der Waals surface area (Å²) < 4.78 is 5.51. The van der Waals surface area contributed by atoms with Crippen LogP contribution >= 0.6 is 0 Å². The smallest absolute Gasteiger partial charge is 0.225 e. The van der Waals surface area contributed by atoms with Crippen LogP contribution in [0.2, 0.25) is 0 Å². The number of carbonyl (C=O) groups is 2. The normalized spacial score (nSPS) is 17.0.